The molecule has 1 amide bonds. The second-order valence-corrected chi connectivity index (χ2v) is 7.25. The zero-order chi connectivity index (χ0) is 18.6. The summed E-state index contributed by atoms with van der Waals surface area (Å²) in [4.78, 5) is 18.8. The van der Waals surface area contributed by atoms with Gasteiger partial charge >= 0.3 is 0 Å². The van der Waals surface area contributed by atoms with Gasteiger partial charge in [0.2, 0.25) is 5.91 Å². The number of nitrogens with zero attached hydrogens (tertiary/aromatic N) is 2. The SMILES string of the molecule is CN=C(NCc1cccc(NC(=O)C2CCC2)c1)N1CCc2ccccc21. The van der Waals surface area contributed by atoms with E-state index in [4.69, 9.17) is 0 Å². The van der Waals surface area contributed by atoms with Crippen LogP contribution in [0.15, 0.2) is 53.5 Å². The van der Waals surface area contributed by atoms with Gasteiger partial charge in [-0.3, -0.25) is 9.79 Å². The Morgan fingerprint density at radius 3 is 2.81 bits per heavy atom. The molecule has 0 radical (unpaired) electrons. The summed E-state index contributed by atoms with van der Waals surface area (Å²) in [5.74, 6) is 1.22. The number of para-hydroxylation sites is 1. The molecule has 1 aliphatic heterocycles. The molecule has 0 spiro atoms. The van der Waals surface area contributed by atoms with Gasteiger partial charge in [-0.1, -0.05) is 36.8 Å². The topological polar surface area (TPSA) is 56.7 Å². The van der Waals surface area contributed by atoms with E-state index < -0.39 is 0 Å². The van der Waals surface area contributed by atoms with E-state index in [1.54, 1.807) is 0 Å². The highest BCUT2D eigenvalue weighted by atomic mass is 16.1. The number of rotatable bonds is 4. The second-order valence-electron chi connectivity index (χ2n) is 7.25. The van der Waals surface area contributed by atoms with Crippen LogP contribution in [0, 0.1) is 5.92 Å². The van der Waals surface area contributed by atoms with Crippen LogP contribution in [0.1, 0.15) is 30.4 Å². The third-order valence-electron chi connectivity index (χ3n) is 5.48. The Morgan fingerprint density at radius 1 is 1.19 bits per heavy atom. The number of amides is 1. The fourth-order valence-electron chi connectivity index (χ4n) is 3.71. The van der Waals surface area contributed by atoms with Crippen LogP contribution in [0.2, 0.25) is 0 Å². The molecule has 2 N–H and O–H groups in total. The van der Waals surface area contributed by atoms with E-state index in [-0.39, 0.29) is 11.8 Å². The summed E-state index contributed by atoms with van der Waals surface area (Å²) in [5.41, 5.74) is 4.58. The van der Waals surface area contributed by atoms with Gasteiger partial charge in [0, 0.05) is 37.4 Å². The van der Waals surface area contributed by atoms with E-state index in [0.29, 0.717) is 6.54 Å². The van der Waals surface area contributed by atoms with Crippen LogP contribution in [-0.2, 0) is 17.8 Å². The van der Waals surface area contributed by atoms with Crippen LogP contribution in [0.5, 0.6) is 0 Å². The van der Waals surface area contributed by atoms with Crippen molar-refractivity contribution in [3.05, 3.63) is 59.7 Å². The summed E-state index contributed by atoms with van der Waals surface area (Å²) in [6, 6.07) is 16.5. The molecular formula is C22H26N4O. The number of benzene rings is 2. The summed E-state index contributed by atoms with van der Waals surface area (Å²) in [6.45, 7) is 1.61. The van der Waals surface area contributed by atoms with E-state index >= 15 is 0 Å². The predicted molar refractivity (Wildman–Crippen MR) is 110 cm³/mol. The zero-order valence-electron chi connectivity index (χ0n) is 15.7. The first kappa shape index (κ1) is 17.6. The third kappa shape index (κ3) is 3.82. The van der Waals surface area contributed by atoms with Crippen molar-refractivity contribution in [1.29, 1.82) is 0 Å². The standard InChI is InChI=1S/C22H26N4O/c1-23-22(26-13-12-17-7-2-3-11-20(17)26)24-15-16-6-4-10-19(14-16)25-21(27)18-8-5-9-18/h2-4,6-7,10-11,14,18H,5,8-9,12-13,15H2,1H3,(H,23,24)(H,25,27). The quantitative estimate of drug-likeness (QED) is 0.646. The molecule has 27 heavy (non-hydrogen) atoms. The third-order valence-corrected chi connectivity index (χ3v) is 5.48. The summed E-state index contributed by atoms with van der Waals surface area (Å²) in [6.07, 6.45) is 4.24. The fourth-order valence-corrected chi connectivity index (χ4v) is 3.71. The molecule has 0 atom stereocenters. The van der Waals surface area contributed by atoms with Crippen LogP contribution in [0.25, 0.3) is 0 Å². The van der Waals surface area contributed by atoms with Gasteiger partial charge in [0.1, 0.15) is 0 Å². The van der Waals surface area contributed by atoms with Crippen molar-refractivity contribution in [2.45, 2.75) is 32.2 Å². The Kier molecular flexibility index (Phi) is 5.10. The Hall–Kier alpha value is -2.82. The molecule has 1 saturated carbocycles. The lowest BCUT2D eigenvalue weighted by atomic mass is 9.85. The van der Waals surface area contributed by atoms with Crippen molar-refractivity contribution in [2.24, 2.45) is 10.9 Å². The summed E-state index contributed by atoms with van der Waals surface area (Å²) >= 11 is 0. The monoisotopic (exact) mass is 362 g/mol. The second kappa shape index (κ2) is 7.82. The number of anilines is 2. The molecule has 0 unspecified atom stereocenters. The van der Waals surface area contributed by atoms with Gasteiger partial charge in [-0.05, 0) is 48.6 Å². The molecule has 0 bridgehead atoms. The van der Waals surface area contributed by atoms with Crippen LogP contribution in [-0.4, -0.2) is 25.5 Å². The van der Waals surface area contributed by atoms with Crippen molar-refractivity contribution in [2.75, 3.05) is 23.8 Å². The normalized spacial score (nSPS) is 16.6. The number of hydrogen-bond donors (Lipinski definition) is 2. The van der Waals surface area contributed by atoms with Crippen molar-refractivity contribution in [1.82, 2.24) is 5.32 Å². The molecule has 0 aromatic heterocycles. The molecule has 2 aromatic carbocycles. The van der Waals surface area contributed by atoms with E-state index in [2.05, 4.69) is 50.9 Å². The number of guanidine groups is 1. The van der Waals surface area contributed by atoms with Crippen LogP contribution < -0.4 is 15.5 Å². The predicted octanol–water partition coefficient (Wildman–Crippen LogP) is 3.56. The van der Waals surface area contributed by atoms with Gasteiger partial charge in [0.25, 0.3) is 0 Å². The summed E-state index contributed by atoms with van der Waals surface area (Å²) < 4.78 is 0. The maximum atomic E-state index is 12.2. The van der Waals surface area contributed by atoms with Gasteiger partial charge in [-0.15, -0.1) is 0 Å². The largest absolute Gasteiger partial charge is 0.352 e. The lowest BCUT2D eigenvalue weighted by Gasteiger charge is -2.24. The van der Waals surface area contributed by atoms with E-state index in [9.17, 15) is 4.79 Å². The number of carbonyl (C=O) groups is 1. The van der Waals surface area contributed by atoms with E-state index in [0.717, 1.165) is 43.0 Å². The van der Waals surface area contributed by atoms with Crippen molar-refractivity contribution in [3.8, 4) is 0 Å². The molecule has 1 heterocycles. The molecule has 140 valence electrons. The Morgan fingerprint density at radius 2 is 2.04 bits per heavy atom. The van der Waals surface area contributed by atoms with Gasteiger partial charge in [0.05, 0.1) is 0 Å². The molecule has 1 fully saturated rings. The highest BCUT2D eigenvalue weighted by Crippen LogP contribution is 2.28. The number of hydrogen-bond acceptors (Lipinski definition) is 2. The molecule has 5 heteroatoms. The molecule has 1 aliphatic carbocycles. The molecule has 4 rings (SSSR count). The molecule has 0 saturated heterocycles. The van der Waals surface area contributed by atoms with Crippen molar-refractivity contribution < 1.29 is 4.79 Å². The Bertz CT molecular complexity index is 857. The van der Waals surface area contributed by atoms with Gasteiger partial charge in [-0.25, -0.2) is 0 Å². The van der Waals surface area contributed by atoms with E-state index in [1.165, 1.54) is 17.7 Å². The number of nitrogens with one attached hydrogen (secondary N) is 2. The number of fused-ring (bicyclic) bond motifs is 1. The Balaban J connectivity index is 1.39. The molecule has 5 nitrogen and oxygen atoms in total. The van der Waals surface area contributed by atoms with Gasteiger partial charge in [0.15, 0.2) is 5.96 Å². The van der Waals surface area contributed by atoms with Gasteiger partial charge in [-0.2, -0.15) is 0 Å². The minimum absolute atomic E-state index is 0.149. The first-order valence-corrected chi connectivity index (χ1v) is 9.70. The van der Waals surface area contributed by atoms with Crippen LogP contribution >= 0.6 is 0 Å². The first-order chi connectivity index (χ1) is 13.2. The maximum absolute atomic E-state index is 12.2. The zero-order valence-corrected chi connectivity index (χ0v) is 15.7. The van der Waals surface area contributed by atoms with Gasteiger partial charge < -0.3 is 15.5 Å². The first-order valence-electron chi connectivity index (χ1n) is 9.70. The summed E-state index contributed by atoms with van der Waals surface area (Å²) in [7, 11) is 1.82. The van der Waals surface area contributed by atoms with Crippen LogP contribution in [0.4, 0.5) is 11.4 Å². The van der Waals surface area contributed by atoms with E-state index in [1.807, 2.05) is 25.2 Å². The number of carbonyl (C=O) groups excluding carboxylic acids is 1. The van der Waals surface area contributed by atoms with Crippen molar-refractivity contribution in [3.63, 3.8) is 0 Å². The maximum Gasteiger partial charge on any atom is 0.227 e. The minimum Gasteiger partial charge on any atom is -0.352 e. The summed E-state index contributed by atoms with van der Waals surface area (Å²) in [5, 5.41) is 6.50. The molecule has 2 aromatic rings. The minimum atomic E-state index is 0.149. The smallest absolute Gasteiger partial charge is 0.227 e. The average Bonchev–Trinajstić information content (AvgIpc) is 3.05. The highest BCUT2D eigenvalue weighted by molar-refractivity contribution is 5.98. The fraction of sp³-hybridized carbons (Fsp3) is 0.364. The van der Waals surface area contributed by atoms with Crippen LogP contribution in [0.3, 0.4) is 0 Å². The molecule has 2 aliphatic rings. The average molecular weight is 362 g/mol. The Labute approximate surface area is 160 Å². The number of aliphatic imine (C=N–C) groups is 1. The lowest BCUT2D eigenvalue weighted by Crippen LogP contribution is -2.40. The lowest BCUT2D eigenvalue weighted by molar-refractivity contribution is -0.122. The van der Waals surface area contributed by atoms with Crippen molar-refractivity contribution >= 4 is 23.2 Å². The highest BCUT2D eigenvalue weighted by Gasteiger charge is 2.25. The molecular weight excluding hydrogens is 336 g/mol.